The summed E-state index contributed by atoms with van der Waals surface area (Å²) in [4.78, 5) is 0. The van der Waals surface area contributed by atoms with Gasteiger partial charge in [0.1, 0.15) is 18.2 Å². The van der Waals surface area contributed by atoms with Gasteiger partial charge in [-0.15, -0.1) is 0 Å². The number of halogens is 3. The third kappa shape index (κ3) is 4.60. The molecule has 2 nitrogen and oxygen atoms in total. The molecule has 0 heterocycles. The molecule has 1 unspecified atom stereocenters. The number of benzene rings is 2. The summed E-state index contributed by atoms with van der Waals surface area (Å²) in [7, 11) is 0. The second kappa shape index (κ2) is 7.64. The molecule has 112 valence electrons. The van der Waals surface area contributed by atoms with Crippen molar-refractivity contribution in [1.82, 2.24) is 5.32 Å². The second-order valence-electron chi connectivity index (χ2n) is 4.54. The van der Waals surface area contributed by atoms with Crippen LogP contribution in [0, 0.1) is 5.82 Å². The molecular weight excluding hydrogens is 312 g/mol. The van der Waals surface area contributed by atoms with Crippen molar-refractivity contribution in [1.29, 1.82) is 0 Å². The predicted molar refractivity (Wildman–Crippen MR) is 84.8 cm³/mol. The van der Waals surface area contributed by atoms with Gasteiger partial charge in [0.15, 0.2) is 0 Å². The molecular formula is C16H16Cl2FNO. The summed E-state index contributed by atoms with van der Waals surface area (Å²) < 4.78 is 19.1. The molecule has 0 bridgehead atoms. The molecule has 21 heavy (non-hydrogen) atoms. The Kier molecular flexibility index (Phi) is 5.85. The first-order valence-electron chi connectivity index (χ1n) is 6.67. The third-order valence-corrected chi connectivity index (χ3v) is 3.58. The van der Waals surface area contributed by atoms with Gasteiger partial charge in [0.25, 0.3) is 0 Å². The van der Waals surface area contributed by atoms with Gasteiger partial charge in [-0.05, 0) is 48.5 Å². The Bertz CT molecular complexity index is 607. The minimum atomic E-state index is -0.319. The SMILES string of the molecule is CCNC(COc1cccc(Cl)c1)c1cc(F)ccc1Cl. The number of ether oxygens (including phenoxy) is 1. The molecule has 0 amide bonds. The van der Waals surface area contributed by atoms with Crippen molar-refractivity contribution >= 4 is 23.2 Å². The van der Waals surface area contributed by atoms with Gasteiger partial charge in [-0.2, -0.15) is 0 Å². The molecule has 1 N–H and O–H groups in total. The van der Waals surface area contributed by atoms with Crippen LogP contribution in [-0.4, -0.2) is 13.2 Å². The van der Waals surface area contributed by atoms with E-state index in [4.69, 9.17) is 27.9 Å². The topological polar surface area (TPSA) is 21.3 Å². The van der Waals surface area contributed by atoms with Crippen molar-refractivity contribution in [2.45, 2.75) is 13.0 Å². The minimum Gasteiger partial charge on any atom is -0.492 e. The molecule has 0 aliphatic carbocycles. The van der Waals surface area contributed by atoms with Crippen LogP contribution in [0.15, 0.2) is 42.5 Å². The van der Waals surface area contributed by atoms with Crippen LogP contribution in [0.1, 0.15) is 18.5 Å². The van der Waals surface area contributed by atoms with Crippen LogP contribution in [-0.2, 0) is 0 Å². The van der Waals surface area contributed by atoms with Crippen LogP contribution in [0.4, 0.5) is 4.39 Å². The van der Waals surface area contributed by atoms with E-state index in [0.717, 1.165) is 6.54 Å². The Morgan fingerprint density at radius 2 is 2.00 bits per heavy atom. The normalized spacial score (nSPS) is 12.2. The maximum atomic E-state index is 13.4. The van der Waals surface area contributed by atoms with E-state index in [-0.39, 0.29) is 11.9 Å². The highest BCUT2D eigenvalue weighted by Crippen LogP contribution is 2.25. The maximum Gasteiger partial charge on any atom is 0.123 e. The van der Waals surface area contributed by atoms with Gasteiger partial charge in [0, 0.05) is 10.0 Å². The van der Waals surface area contributed by atoms with E-state index >= 15 is 0 Å². The standard InChI is InChI=1S/C16H16Cl2FNO/c1-2-20-16(14-9-12(19)6-7-15(14)18)10-21-13-5-3-4-11(17)8-13/h3-9,16,20H,2,10H2,1H3. The predicted octanol–water partition coefficient (Wildman–Crippen LogP) is 4.86. The van der Waals surface area contributed by atoms with Crippen molar-refractivity contribution < 1.29 is 9.13 Å². The Hall–Kier alpha value is -1.29. The Labute approximate surface area is 133 Å². The van der Waals surface area contributed by atoms with Gasteiger partial charge in [-0.25, -0.2) is 4.39 Å². The van der Waals surface area contributed by atoms with Crippen molar-refractivity contribution in [3.63, 3.8) is 0 Å². The Morgan fingerprint density at radius 3 is 2.71 bits per heavy atom. The molecule has 0 saturated carbocycles. The molecule has 0 aliphatic rings. The molecule has 2 aromatic rings. The van der Waals surface area contributed by atoms with Crippen LogP contribution in [0.2, 0.25) is 10.0 Å². The lowest BCUT2D eigenvalue weighted by Gasteiger charge is -2.20. The largest absolute Gasteiger partial charge is 0.492 e. The number of rotatable bonds is 6. The average Bonchev–Trinajstić information content (AvgIpc) is 2.46. The second-order valence-corrected chi connectivity index (χ2v) is 5.39. The number of nitrogens with one attached hydrogen (secondary N) is 1. The fourth-order valence-corrected chi connectivity index (χ4v) is 2.45. The molecule has 0 fully saturated rings. The van der Waals surface area contributed by atoms with Crippen LogP contribution in [0.25, 0.3) is 0 Å². The fraction of sp³-hybridized carbons (Fsp3) is 0.250. The Balaban J connectivity index is 2.13. The van der Waals surface area contributed by atoms with Gasteiger partial charge < -0.3 is 10.1 Å². The quantitative estimate of drug-likeness (QED) is 0.817. The molecule has 0 saturated heterocycles. The van der Waals surface area contributed by atoms with Crippen LogP contribution in [0.5, 0.6) is 5.75 Å². The Morgan fingerprint density at radius 1 is 1.19 bits per heavy atom. The van der Waals surface area contributed by atoms with E-state index in [0.29, 0.717) is 28.0 Å². The summed E-state index contributed by atoms with van der Waals surface area (Å²) >= 11 is 12.1. The zero-order valence-electron chi connectivity index (χ0n) is 11.6. The highest BCUT2D eigenvalue weighted by molar-refractivity contribution is 6.31. The number of likely N-dealkylation sites (N-methyl/N-ethyl adjacent to an activating group) is 1. The van der Waals surface area contributed by atoms with Crippen molar-refractivity contribution in [3.05, 3.63) is 63.9 Å². The first kappa shape index (κ1) is 16.1. The number of hydrogen-bond acceptors (Lipinski definition) is 2. The number of hydrogen-bond donors (Lipinski definition) is 1. The molecule has 0 aromatic heterocycles. The highest BCUT2D eigenvalue weighted by Gasteiger charge is 2.15. The summed E-state index contributed by atoms with van der Waals surface area (Å²) in [6.07, 6.45) is 0. The van der Waals surface area contributed by atoms with Gasteiger partial charge in [-0.3, -0.25) is 0 Å². The zero-order valence-corrected chi connectivity index (χ0v) is 13.1. The van der Waals surface area contributed by atoms with Crippen molar-refractivity contribution in [3.8, 4) is 5.75 Å². The van der Waals surface area contributed by atoms with Crippen molar-refractivity contribution in [2.75, 3.05) is 13.2 Å². The molecule has 1 atom stereocenters. The lowest BCUT2D eigenvalue weighted by molar-refractivity contribution is 0.268. The molecule has 2 aromatic carbocycles. The highest BCUT2D eigenvalue weighted by atomic mass is 35.5. The van der Waals surface area contributed by atoms with Crippen LogP contribution in [0.3, 0.4) is 0 Å². The smallest absolute Gasteiger partial charge is 0.123 e. The molecule has 0 spiro atoms. The molecule has 5 heteroatoms. The average molecular weight is 328 g/mol. The van der Waals surface area contributed by atoms with E-state index < -0.39 is 0 Å². The van der Waals surface area contributed by atoms with E-state index in [1.807, 2.05) is 19.1 Å². The van der Waals surface area contributed by atoms with Crippen molar-refractivity contribution in [2.24, 2.45) is 0 Å². The van der Waals surface area contributed by atoms with Gasteiger partial charge in [0.05, 0.1) is 6.04 Å². The lowest BCUT2D eigenvalue weighted by atomic mass is 10.1. The minimum absolute atomic E-state index is 0.197. The van der Waals surface area contributed by atoms with E-state index in [9.17, 15) is 4.39 Å². The van der Waals surface area contributed by atoms with Gasteiger partial charge in [-0.1, -0.05) is 36.2 Å². The molecule has 0 radical (unpaired) electrons. The van der Waals surface area contributed by atoms with E-state index in [1.54, 1.807) is 18.2 Å². The van der Waals surface area contributed by atoms with E-state index in [1.165, 1.54) is 12.1 Å². The van der Waals surface area contributed by atoms with E-state index in [2.05, 4.69) is 5.32 Å². The zero-order chi connectivity index (χ0) is 15.2. The summed E-state index contributed by atoms with van der Waals surface area (Å²) in [5, 5.41) is 4.36. The summed E-state index contributed by atoms with van der Waals surface area (Å²) in [6, 6.07) is 11.3. The van der Waals surface area contributed by atoms with Gasteiger partial charge >= 0.3 is 0 Å². The molecule has 0 aliphatic heterocycles. The maximum absolute atomic E-state index is 13.4. The summed E-state index contributed by atoms with van der Waals surface area (Å²) in [5.41, 5.74) is 0.681. The van der Waals surface area contributed by atoms with Crippen LogP contribution < -0.4 is 10.1 Å². The summed E-state index contributed by atoms with van der Waals surface area (Å²) in [6.45, 7) is 3.02. The van der Waals surface area contributed by atoms with Crippen LogP contribution >= 0.6 is 23.2 Å². The van der Waals surface area contributed by atoms with Gasteiger partial charge in [0.2, 0.25) is 0 Å². The summed E-state index contributed by atoms with van der Waals surface area (Å²) in [5.74, 6) is 0.345. The fourth-order valence-electron chi connectivity index (χ4n) is 2.02. The first-order valence-corrected chi connectivity index (χ1v) is 7.42. The lowest BCUT2D eigenvalue weighted by Crippen LogP contribution is -2.27. The molecule has 2 rings (SSSR count). The monoisotopic (exact) mass is 327 g/mol. The first-order chi connectivity index (χ1) is 10.1. The third-order valence-electron chi connectivity index (χ3n) is 3.00.